The SMILES string of the molecule is CCCCCC/C=C/CC/C=C/CC/C=C/CCCC(O)C(O)C(COC1OC(CO)C(O)C(O)C1O)NC(=O)C(O)CCCCCCCCCCCCCCCCCCCCCCCCCC. The molecule has 11 nitrogen and oxygen atoms in total. The van der Waals surface area contributed by atoms with Crippen molar-refractivity contribution in [2.45, 2.75) is 306 Å². The van der Waals surface area contributed by atoms with E-state index in [-0.39, 0.29) is 12.8 Å². The third-order valence-electron chi connectivity index (χ3n) is 13.7. The molecule has 0 aliphatic carbocycles. The lowest BCUT2D eigenvalue weighted by molar-refractivity contribution is -0.303. The molecule has 400 valence electrons. The second kappa shape index (κ2) is 46.4. The number of unbranched alkanes of at least 4 members (excludes halogenated alkanes) is 30. The molecule has 0 radical (unpaired) electrons. The second-order valence-corrected chi connectivity index (χ2v) is 20.0. The Balaban J connectivity index is 2.33. The first-order valence-corrected chi connectivity index (χ1v) is 28.4. The van der Waals surface area contributed by atoms with E-state index in [0.29, 0.717) is 19.3 Å². The highest BCUT2D eigenvalue weighted by Gasteiger charge is 2.44. The molecule has 0 aromatic rings. The van der Waals surface area contributed by atoms with E-state index in [4.69, 9.17) is 9.47 Å². The lowest BCUT2D eigenvalue weighted by Gasteiger charge is -2.40. The van der Waals surface area contributed by atoms with Crippen LogP contribution in [0.15, 0.2) is 36.5 Å². The average Bonchev–Trinajstić information content (AvgIpc) is 3.34. The molecule has 9 atom stereocenters. The zero-order valence-electron chi connectivity index (χ0n) is 43.6. The molecule has 9 unspecified atom stereocenters. The van der Waals surface area contributed by atoms with Gasteiger partial charge in [-0.1, -0.05) is 224 Å². The molecule has 1 saturated heterocycles. The topological polar surface area (TPSA) is 189 Å². The van der Waals surface area contributed by atoms with E-state index < -0.39 is 74.2 Å². The maximum Gasteiger partial charge on any atom is 0.249 e. The number of ether oxygens (including phenoxy) is 2. The Morgan fingerprint density at radius 1 is 0.500 bits per heavy atom. The molecule has 1 heterocycles. The fraction of sp³-hybridized carbons (Fsp3) is 0.877. The summed E-state index contributed by atoms with van der Waals surface area (Å²) in [5.41, 5.74) is 0. The maximum absolute atomic E-state index is 13.2. The minimum atomic E-state index is -1.67. The van der Waals surface area contributed by atoms with Crippen molar-refractivity contribution in [1.29, 1.82) is 0 Å². The van der Waals surface area contributed by atoms with Gasteiger partial charge in [0.25, 0.3) is 0 Å². The predicted molar refractivity (Wildman–Crippen MR) is 279 cm³/mol. The molecule has 0 saturated carbocycles. The first kappa shape index (κ1) is 64.3. The van der Waals surface area contributed by atoms with Gasteiger partial charge in [-0.05, 0) is 64.2 Å². The monoisotopic (exact) mass is 966 g/mol. The van der Waals surface area contributed by atoms with Gasteiger partial charge in [0.05, 0.1) is 25.4 Å². The Bertz CT molecular complexity index is 1200. The number of aliphatic hydroxyl groups excluding tert-OH is 7. The van der Waals surface area contributed by atoms with Gasteiger partial charge < -0.3 is 50.5 Å². The molecule has 68 heavy (non-hydrogen) atoms. The summed E-state index contributed by atoms with van der Waals surface area (Å²) in [5.74, 6) is -0.709. The number of aliphatic hydroxyl groups is 7. The lowest BCUT2D eigenvalue weighted by Crippen LogP contribution is -2.60. The van der Waals surface area contributed by atoms with Gasteiger partial charge in [-0.2, -0.15) is 0 Å². The number of amides is 1. The van der Waals surface area contributed by atoms with Crippen LogP contribution < -0.4 is 5.32 Å². The molecule has 0 aromatic carbocycles. The number of nitrogens with one attached hydrogen (secondary N) is 1. The van der Waals surface area contributed by atoms with Crippen LogP contribution in [0.25, 0.3) is 0 Å². The summed E-state index contributed by atoms with van der Waals surface area (Å²) in [6.45, 7) is 3.43. The Kier molecular flexibility index (Phi) is 43.9. The number of allylic oxidation sites excluding steroid dienone is 6. The van der Waals surface area contributed by atoms with Crippen molar-refractivity contribution in [2.24, 2.45) is 0 Å². The highest BCUT2D eigenvalue weighted by atomic mass is 16.7. The second-order valence-electron chi connectivity index (χ2n) is 20.0. The van der Waals surface area contributed by atoms with E-state index in [9.17, 15) is 40.5 Å². The van der Waals surface area contributed by atoms with Crippen molar-refractivity contribution in [2.75, 3.05) is 13.2 Å². The van der Waals surface area contributed by atoms with E-state index >= 15 is 0 Å². The first-order chi connectivity index (χ1) is 33.2. The third kappa shape index (κ3) is 34.6. The molecular weight excluding hydrogens is 859 g/mol. The average molecular weight is 966 g/mol. The van der Waals surface area contributed by atoms with Crippen molar-refractivity contribution >= 4 is 5.91 Å². The van der Waals surface area contributed by atoms with Crippen LogP contribution in [0, 0.1) is 0 Å². The summed E-state index contributed by atoms with van der Waals surface area (Å²) < 4.78 is 11.1. The Morgan fingerprint density at radius 3 is 1.31 bits per heavy atom. The lowest BCUT2D eigenvalue weighted by atomic mass is 9.98. The number of hydrogen-bond donors (Lipinski definition) is 8. The third-order valence-corrected chi connectivity index (χ3v) is 13.7. The van der Waals surface area contributed by atoms with Crippen LogP contribution in [-0.4, -0.2) is 110 Å². The largest absolute Gasteiger partial charge is 0.394 e. The summed E-state index contributed by atoms with van der Waals surface area (Å²) in [7, 11) is 0. The molecule has 8 N–H and O–H groups in total. The molecule has 0 aromatic heterocycles. The summed E-state index contributed by atoms with van der Waals surface area (Å²) in [6.07, 6.45) is 44.8. The van der Waals surface area contributed by atoms with Crippen LogP contribution in [-0.2, 0) is 14.3 Å². The molecular formula is C57H107NO10. The van der Waals surface area contributed by atoms with Crippen molar-refractivity contribution in [3.05, 3.63) is 36.5 Å². The van der Waals surface area contributed by atoms with Crippen LogP contribution in [0.5, 0.6) is 0 Å². The highest BCUT2D eigenvalue weighted by molar-refractivity contribution is 5.80. The van der Waals surface area contributed by atoms with Crippen molar-refractivity contribution in [3.8, 4) is 0 Å². The number of carbonyl (C=O) groups excluding carboxylic acids is 1. The van der Waals surface area contributed by atoms with Crippen molar-refractivity contribution < 1.29 is 50.0 Å². The van der Waals surface area contributed by atoms with E-state index in [0.717, 1.165) is 44.9 Å². The Hall–Kier alpha value is -1.67. The van der Waals surface area contributed by atoms with Gasteiger partial charge >= 0.3 is 0 Å². The first-order valence-electron chi connectivity index (χ1n) is 28.4. The van der Waals surface area contributed by atoms with E-state index in [1.165, 1.54) is 161 Å². The number of rotatable bonds is 48. The standard InChI is InChI=1S/C57H107NO10/c1-3-5-7-9-11-13-15-17-19-21-22-23-24-25-26-27-29-31-33-35-37-39-41-43-45-50(61)56(66)58-48(47-67-57-55(65)54(64)53(63)51(46-59)68-57)52(62)49(60)44-42-40-38-36-34-32-30-28-20-18-16-14-12-10-8-6-4-2/h14,16,28,30,36,38,48-55,57,59-65H,3-13,15,17-27,29,31-35,37,39-47H2,1-2H3,(H,58,66)/b16-14+,30-28+,38-36+. The normalized spacial score (nSPS) is 20.8. The van der Waals surface area contributed by atoms with Crippen molar-refractivity contribution in [1.82, 2.24) is 5.32 Å². The summed E-state index contributed by atoms with van der Waals surface area (Å²) >= 11 is 0. The Labute approximate surface area is 416 Å². The molecule has 0 spiro atoms. The quantitative estimate of drug-likeness (QED) is 0.0215. The van der Waals surface area contributed by atoms with Gasteiger partial charge in [-0.15, -0.1) is 0 Å². The van der Waals surface area contributed by atoms with Crippen molar-refractivity contribution in [3.63, 3.8) is 0 Å². The molecule has 1 amide bonds. The summed E-state index contributed by atoms with van der Waals surface area (Å²) in [6, 6.07) is -1.19. The van der Waals surface area contributed by atoms with Gasteiger partial charge in [0.2, 0.25) is 5.91 Å². The summed E-state index contributed by atoms with van der Waals surface area (Å²) in [4.78, 5) is 13.2. The van der Waals surface area contributed by atoms with Crippen LogP contribution in [0.2, 0.25) is 0 Å². The molecule has 1 aliphatic rings. The number of hydrogen-bond acceptors (Lipinski definition) is 10. The minimum absolute atomic E-state index is 0.242. The van der Waals surface area contributed by atoms with Crippen LogP contribution in [0.3, 0.4) is 0 Å². The van der Waals surface area contributed by atoms with Gasteiger partial charge in [-0.25, -0.2) is 0 Å². The zero-order chi connectivity index (χ0) is 49.7. The van der Waals surface area contributed by atoms with Crippen LogP contribution in [0.1, 0.15) is 251 Å². The van der Waals surface area contributed by atoms with E-state index in [1.54, 1.807) is 0 Å². The molecule has 11 heteroatoms. The van der Waals surface area contributed by atoms with E-state index in [1.807, 2.05) is 0 Å². The molecule has 1 aliphatic heterocycles. The fourth-order valence-electron chi connectivity index (χ4n) is 9.00. The van der Waals surface area contributed by atoms with Gasteiger partial charge in [-0.3, -0.25) is 4.79 Å². The molecule has 1 fully saturated rings. The van der Waals surface area contributed by atoms with Gasteiger partial charge in [0, 0.05) is 0 Å². The predicted octanol–water partition coefficient (Wildman–Crippen LogP) is 11.5. The number of carbonyl (C=O) groups is 1. The molecule has 1 rings (SSSR count). The zero-order valence-corrected chi connectivity index (χ0v) is 43.6. The van der Waals surface area contributed by atoms with Gasteiger partial charge in [0.1, 0.15) is 36.6 Å². The van der Waals surface area contributed by atoms with Crippen LogP contribution in [0.4, 0.5) is 0 Å². The molecule has 0 bridgehead atoms. The fourth-order valence-corrected chi connectivity index (χ4v) is 9.00. The maximum atomic E-state index is 13.2. The van der Waals surface area contributed by atoms with Crippen LogP contribution >= 0.6 is 0 Å². The van der Waals surface area contributed by atoms with E-state index in [2.05, 4.69) is 55.6 Å². The highest BCUT2D eigenvalue weighted by Crippen LogP contribution is 2.23. The summed E-state index contributed by atoms with van der Waals surface area (Å²) in [5, 5.41) is 76.0. The smallest absolute Gasteiger partial charge is 0.249 e. The Morgan fingerprint density at radius 2 is 0.882 bits per heavy atom. The minimum Gasteiger partial charge on any atom is -0.394 e. The van der Waals surface area contributed by atoms with Gasteiger partial charge in [0.15, 0.2) is 6.29 Å².